The van der Waals surface area contributed by atoms with E-state index in [-0.39, 0.29) is 12.6 Å². The van der Waals surface area contributed by atoms with Gasteiger partial charge in [0.05, 0.1) is 32.2 Å². The SMILES string of the molecule is CC[C@@H](NC(=O)CN(c1ccc(Cl)cc1)S(C)(=O)=O)c1ccc(OC)c(OC)c1. The van der Waals surface area contributed by atoms with Gasteiger partial charge < -0.3 is 14.8 Å². The van der Waals surface area contributed by atoms with E-state index in [9.17, 15) is 13.2 Å². The highest BCUT2D eigenvalue weighted by atomic mass is 35.5. The molecule has 1 N–H and O–H groups in total. The number of hydrogen-bond acceptors (Lipinski definition) is 5. The smallest absolute Gasteiger partial charge is 0.241 e. The average Bonchev–Trinajstić information content (AvgIpc) is 2.69. The molecule has 7 nitrogen and oxygen atoms in total. The minimum atomic E-state index is -3.66. The molecule has 0 spiro atoms. The Morgan fingerprint density at radius 2 is 1.72 bits per heavy atom. The van der Waals surface area contributed by atoms with Crippen molar-refractivity contribution in [2.75, 3.05) is 31.3 Å². The van der Waals surface area contributed by atoms with E-state index >= 15 is 0 Å². The van der Waals surface area contributed by atoms with Gasteiger partial charge in [0.2, 0.25) is 15.9 Å². The molecule has 9 heteroatoms. The largest absolute Gasteiger partial charge is 0.493 e. The summed E-state index contributed by atoms with van der Waals surface area (Å²) in [7, 11) is -0.572. The molecule has 2 aromatic carbocycles. The zero-order chi connectivity index (χ0) is 21.6. The second kappa shape index (κ2) is 9.84. The van der Waals surface area contributed by atoms with Crippen molar-refractivity contribution in [3.63, 3.8) is 0 Å². The minimum Gasteiger partial charge on any atom is -0.493 e. The number of rotatable bonds is 9. The molecule has 1 amide bonds. The lowest BCUT2D eigenvalue weighted by atomic mass is 10.0. The van der Waals surface area contributed by atoms with Crippen molar-refractivity contribution < 1.29 is 22.7 Å². The van der Waals surface area contributed by atoms with E-state index in [2.05, 4.69) is 5.32 Å². The molecule has 0 aromatic heterocycles. The molecule has 158 valence electrons. The number of nitrogens with zero attached hydrogens (tertiary/aromatic N) is 1. The monoisotopic (exact) mass is 440 g/mol. The summed E-state index contributed by atoms with van der Waals surface area (Å²) in [5.74, 6) is 0.715. The Kier molecular flexibility index (Phi) is 7.75. The maximum atomic E-state index is 12.7. The quantitative estimate of drug-likeness (QED) is 0.646. The highest BCUT2D eigenvalue weighted by Gasteiger charge is 2.23. The average molecular weight is 441 g/mol. The van der Waals surface area contributed by atoms with E-state index in [1.54, 1.807) is 43.5 Å². The van der Waals surface area contributed by atoms with Crippen LogP contribution in [0.4, 0.5) is 5.69 Å². The predicted octanol–water partition coefficient (Wildman–Crippen LogP) is 3.39. The van der Waals surface area contributed by atoms with Gasteiger partial charge in [0.15, 0.2) is 11.5 Å². The summed E-state index contributed by atoms with van der Waals surface area (Å²) in [6.07, 6.45) is 1.67. The van der Waals surface area contributed by atoms with Crippen LogP contribution in [-0.2, 0) is 14.8 Å². The Hall–Kier alpha value is -2.45. The first kappa shape index (κ1) is 22.8. The number of nitrogens with one attached hydrogen (secondary N) is 1. The number of carbonyl (C=O) groups is 1. The van der Waals surface area contributed by atoms with Crippen LogP contribution in [0, 0.1) is 0 Å². The molecular weight excluding hydrogens is 416 g/mol. The van der Waals surface area contributed by atoms with Gasteiger partial charge in [-0.3, -0.25) is 9.10 Å². The van der Waals surface area contributed by atoms with Crippen molar-refractivity contribution >= 4 is 33.2 Å². The number of amides is 1. The fourth-order valence-corrected chi connectivity index (χ4v) is 3.85. The molecule has 0 aliphatic rings. The molecule has 29 heavy (non-hydrogen) atoms. The summed E-state index contributed by atoms with van der Waals surface area (Å²) in [6, 6.07) is 11.3. The molecule has 2 aromatic rings. The van der Waals surface area contributed by atoms with E-state index < -0.39 is 15.9 Å². The molecule has 0 fully saturated rings. The second-order valence-electron chi connectivity index (χ2n) is 6.39. The molecule has 0 bridgehead atoms. The number of methoxy groups -OCH3 is 2. The molecule has 0 saturated heterocycles. The van der Waals surface area contributed by atoms with Crippen molar-refractivity contribution in [3.05, 3.63) is 53.1 Å². The minimum absolute atomic E-state index is 0.311. The van der Waals surface area contributed by atoms with Gasteiger partial charge in [0.25, 0.3) is 0 Å². The van der Waals surface area contributed by atoms with Crippen LogP contribution in [0.3, 0.4) is 0 Å². The molecule has 0 saturated carbocycles. The molecule has 0 radical (unpaired) electrons. The Bertz CT molecular complexity index is 948. The first-order valence-corrected chi connectivity index (χ1v) is 11.2. The number of hydrogen-bond donors (Lipinski definition) is 1. The van der Waals surface area contributed by atoms with Gasteiger partial charge in [-0.2, -0.15) is 0 Å². The third-order valence-corrected chi connectivity index (χ3v) is 5.75. The lowest BCUT2D eigenvalue weighted by Crippen LogP contribution is -2.41. The van der Waals surface area contributed by atoms with Crippen LogP contribution in [0.1, 0.15) is 24.9 Å². The molecule has 0 heterocycles. The summed E-state index contributed by atoms with van der Waals surface area (Å²) in [6.45, 7) is 1.58. The molecule has 0 aliphatic carbocycles. The lowest BCUT2D eigenvalue weighted by molar-refractivity contribution is -0.120. The number of anilines is 1. The van der Waals surface area contributed by atoms with Crippen LogP contribution >= 0.6 is 11.6 Å². The van der Waals surface area contributed by atoms with Crippen molar-refractivity contribution in [2.24, 2.45) is 0 Å². The first-order valence-electron chi connectivity index (χ1n) is 8.94. The van der Waals surface area contributed by atoms with Crippen LogP contribution in [-0.4, -0.2) is 41.3 Å². The van der Waals surface area contributed by atoms with Crippen molar-refractivity contribution in [1.29, 1.82) is 0 Å². The predicted molar refractivity (Wildman–Crippen MR) is 114 cm³/mol. The summed E-state index contributed by atoms with van der Waals surface area (Å²) >= 11 is 5.87. The summed E-state index contributed by atoms with van der Waals surface area (Å²) in [5.41, 5.74) is 1.20. The van der Waals surface area contributed by atoms with Crippen LogP contribution in [0.15, 0.2) is 42.5 Å². The second-order valence-corrected chi connectivity index (χ2v) is 8.73. The highest BCUT2D eigenvalue weighted by Crippen LogP contribution is 2.31. The molecule has 1 atom stereocenters. The van der Waals surface area contributed by atoms with Gasteiger partial charge in [-0.25, -0.2) is 8.42 Å². The van der Waals surface area contributed by atoms with Gasteiger partial charge in [-0.05, 0) is 48.4 Å². The van der Waals surface area contributed by atoms with Gasteiger partial charge in [-0.15, -0.1) is 0 Å². The highest BCUT2D eigenvalue weighted by molar-refractivity contribution is 7.92. The van der Waals surface area contributed by atoms with Gasteiger partial charge in [0, 0.05) is 5.02 Å². The van der Waals surface area contributed by atoms with Crippen LogP contribution in [0.25, 0.3) is 0 Å². The van der Waals surface area contributed by atoms with E-state index in [4.69, 9.17) is 21.1 Å². The number of halogens is 1. The topological polar surface area (TPSA) is 84.9 Å². The van der Waals surface area contributed by atoms with Crippen molar-refractivity contribution in [1.82, 2.24) is 5.32 Å². The maximum Gasteiger partial charge on any atom is 0.241 e. The maximum absolute atomic E-state index is 12.7. The van der Waals surface area contributed by atoms with Gasteiger partial charge in [-0.1, -0.05) is 24.6 Å². The lowest BCUT2D eigenvalue weighted by Gasteiger charge is -2.24. The van der Waals surface area contributed by atoms with E-state index in [1.165, 1.54) is 7.11 Å². The van der Waals surface area contributed by atoms with Crippen LogP contribution < -0.4 is 19.1 Å². The van der Waals surface area contributed by atoms with E-state index in [0.717, 1.165) is 16.1 Å². The summed E-state index contributed by atoms with van der Waals surface area (Å²) < 4.78 is 36.0. The van der Waals surface area contributed by atoms with E-state index in [1.807, 2.05) is 13.0 Å². The zero-order valence-electron chi connectivity index (χ0n) is 16.8. The summed E-state index contributed by atoms with van der Waals surface area (Å²) in [5, 5.41) is 3.37. The number of carbonyl (C=O) groups excluding carboxylic acids is 1. The standard InChI is InChI=1S/C20H25ClN2O5S/c1-5-17(14-6-11-18(27-2)19(12-14)28-3)22-20(24)13-23(29(4,25)26)16-9-7-15(21)8-10-16/h6-12,17H,5,13H2,1-4H3,(H,22,24)/t17-/m1/s1. The number of ether oxygens (including phenoxy) is 2. The summed E-state index contributed by atoms with van der Waals surface area (Å²) in [4.78, 5) is 12.7. The first-order chi connectivity index (χ1) is 13.7. The van der Waals surface area contributed by atoms with Gasteiger partial charge >= 0.3 is 0 Å². The Balaban J connectivity index is 2.20. The number of benzene rings is 2. The van der Waals surface area contributed by atoms with Crippen molar-refractivity contribution in [2.45, 2.75) is 19.4 Å². The number of sulfonamides is 1. The molecule has 0 unspecified atom stereocenters. The molecular formula is C20H25ClN2O5S. The fraction of sp³-hybridized carbons (Fsp3) is 0.350. The van der Waals surface area contributed by atoms with Crippen molar-refractivity contribution in [3.8, 4) is 11.5 Å². The molecule has 0 aliphatic heterocycles. The fourth-order valence-electron chi connectivity index (χ4n) is 2.87. The molecule has 2 rings (SSSR count). The zero-order valence-corrected chi connectivity index (χ0v) is 18.4. The Morgan fingerprint density at radius 1 is 1.10 bits per heavy atom. The normalized spacial score (nSPS) is 12.2. The van der Waals surface area contributed by atoms with Crippen LogP contribution in [0.5, 0.6) is 11.5 Å². The Morgan fingerprint density at radius 3 is 2.24 bits per heavy atom. The third-order valence-electron chi connectivity index (χ3n) is 4.36. The Labute approximate surface area is 176 Å². The van der Waals surface area contributed by atoms with Gasteiger partial charge in [0.1, 0.15) is 6.54 Å². The van der Waals surface area contributed by atoms with Crippen LogP contribution in [0.2, 0.25) is 5.02 Å². The van der Waals surface area contributed by atoms with E-state index in [0.29, 0.717) is 28.6 Å². The third kappa shape index (κ3) is 6.01.